The zero-order chi connectivity index (χ0) is 47.7. The van der Waals surface area contributed by atoms with Crippen molar-refractivity contribution in [3.05, 3.63) is 248 Å². The third-order valence-corrected chi connectivity index (χ3v) is 12.9. The highest BCUT2D eigenvalue weighted by Crippen LogP contribution is 2.42. The van der Waals surface area contributed by atoms with Crippen LogP contribution in [-0.2, 0) is 0 Å². The number of nitriles is 2. The number of benzene rings is 9. The van der Waals surface area contributed by atoms with E-state index in [1.165, 1.54) is 0 Å². The molecule has 0 N–H and O–H groups in total. The van der Waals surface area contributed by atoms with Crippen LogP contribution in [0.3, 0.4) is 0 Å². The van der Waals surface area contributed by atoms with Crippen LogP contribution in [0, 0.1) is 22.7 Å². The molecule has 0 spiro atoms. The van der Waals surface area contributed by atoms with Crippen molar-refractivity contribution >= 4 is 21.8 Å². The molecule has 0 saturated heterocycles. The second kappa shape index (κ2) is 18.2. The van der Waals surface area contributed by atoms with Gasteiger partial charge in [-0.05, 0) is 76.9 Å². The van der Waals surface area contributed by atoms with Crippen molar-refractivity contribution in [3.63, 3.8) is 0 Å². The first-order chi connectivity index (χ1) is 35.1. The molecule has 0 saturated carbocycles. The average Bonchev–Trinajstić information content (AvgIpc) is 3.78. The lowest BCUT2D eigenvalue weighted by molar-refractivity contribution is 1.14. The van der Waals surface area contributed by atoms with E-state index >= 15 is 0 Å². The lowest BCUT2D eigenvalue weighted by atomic mass is 9.98. The zero-order valence-electron chi connectivity index (χ0n) is 38.1. The van der Waals surface area contributed by atoms with Gasteiger partial charge in [-0.25, -0.2) is 19.9 Å². The van der Waals surface area contributed by atoms with Crippen LogP contribution in [0.2, 0.25) is 0 Å². The van der Waals surface area contributed by atoms with Crippen LogP contribution in [-0.4, -0.2) is 24.5 Å². The molecule has 12 rings (SSSR count). The topological polar surface area (TPSA) is 104 Å². The first-order valence-electron chi connectivity index (χ1n) is 23.3. The molecule has 0 amide bonds. The molecule has 12 aromatic rings. The number of rotatable bonds is 9. The summed E-state index contributed by atoms with van der Waals surface area (Å²) in [6.07, 6.45) is 0. The first-order valence-corrected chi connectivity index (χ1v) is 23.3. The van der Waals surface area contributed by atoms with Gasteiger partial charge in [0.25, 0.3) is 0 Å². The summed E-state index contributed by atoms with van der Waals surface area (Å²) in [5.41, 5.74) is 15.9. The van der Waals surface area contributed by atoms with E-state index in [0.717, 1.165) is 100 Å². The Hall–Kier alpha value is -10.1. The maximum Gasteiger partial charge on any atom is 0.160 e. The average molecular weight is 906 g/mol. The van der Waals surface area contributed by atoms with Gasteiger partial charge < -0.3 is 4.57 Å². The van der Waals surface area contributed by atoms with E-state index in [0.29, 0.717) is 28.5 Å². The zero-order valence-corrected chi connectivity index (χ0v) is 38.1. The highest BCUT2D eigenvalue weighted by Gasteiger charge is 2.22. The van der Waals surface area contributed by atoms with Gasteiger partial charge in [0.15, 0.2) is 11.6 Å². The van der Waals surface area contributed by atoms with Crippen LogP contribution in [0.15, 0.2) is 237 Å². The Morgan fingerprint density at radius 2 is 0.676 bits per heavy atom. The van der Waals surface area contributed by atoms with Gasteiger partial charge in [-0.3, -0.25) is 0 Å². The smallest absolute Gasteiger partial charge is 0.160 e. The second-order valence-corrected chi connectivity index (χ2v) is 17.2. The Labute approximate surface area is 410 Å². The van der Waals surface area contributed by atoms with E-state index < -0.39 is 0 Å². The minimum atomic E-state index is 0.562. The number of fused-ring (bicyclic) bond motifs is 3. The molecule has 3 heterocycles. The Morgan fingerprint density at radius 3 is 1.14 bits per heavy atom. The Bertz CT molecular complexity index is 3830. The predicted molar refractivity (Wildman–Crippen MR) is 285 cm³/mol. The van der Waals surface area contributed by atoms with Gasteiger partial charge in [-0.2, -0.15) is 10.5 Å². The molecule has 0 fully saturated rings. The van der Waals surface area contributed by atoms with E-state index in [-0.39, 0.29) is 0 Å². The number of aromatic nitrogens is 5. The Morgan fingerprint density at radius 1 is 0.296 bits per heavy atom. The fourth-order valence-electron chi connectivity index (χ4n) is 9.50. The monoisotopic (exact) mass is 905 g/mol. The lowest BCUT2D eigenvalue weighted by Gasteiger charge is -2.18. The molecule has 71 heavy (non-hydrogen) atoms. The minimum absolute atomic E-state index is 0.562. The van der Waals surface area contributed by atoms with Crippen molar-refractivity contribution in [2.75, 3.05) is 0 Å². The number of hydrogen-bond acceptors (Lipinski definition) is 6. The van der Waals surface area contributed by atoms with Gasteiger partial charge in [0.05, 0.1) is 62.8 Å². The molecule has 3 aromatic heterocycles. The number of nitrogens with zero attached hydrogens (tertiary/aromatic N) is 7. The quantitative estimate of drug-likeness (QED) is 0.143. The molecule has 0 atom stereocenters. The molecule has 330 valence electrons. The molecule has 0 aliphatic carbocycles. The van der Waals surface area contributed by atoms with Gasteiger partial charge in [0.1, 0.15) is 0 Å². The van der Waals surface area contributed by atoms with E-state index in [4.69, 9.17) is 19.9 Å². The molecule has 7 nitrogen and oxygen atoms in total. The van der Waals surface area contributed by atoms with Crippen LogP contribution in [0.1, 0.15) is 11.1 Å². The van der Waals surface area contributed by atoms with Crippen LogP contribution < -0.4 is 0 Å². The van der Waals surface area contributed by atoms with Crippen molar-refractivity contribution in [2.45, 2.75) is 0 Å². The van der Waals surface area contributed by atoms with Gasteiger partial charge in [-0.1, -0.05) is 182 Å². The van der Waals surface area contributed by atoms with Gasteiger partial charge >= 0.3 is 0 Å². The standard InChI is InChI=1S/C64H39N7/c65-40-49-25-13-15-27-51(49)46-29-32-53-54-33-30-47(52-28-16-14-26-50(52)41-66)37-62(54)71(61(53)36-46)60-34-31-48(64-68-56(42-17-5-1-6-18-42)38-57(69-64)43-19-7-2-8-20-43)35-55(60)59-39-58(44-21-9-3-10-22-44)67-63(70-59)45-23-11-4-12-24-45/h1-39H. The second-order valence-electron chi connectivity index (χ2n) is 17.2. The maximum atomic E-state index is 10.3. The summed E-state index contributed by atoms with van der Waals surface area (Å²) in [6, 6.07) is 84.2. The third-order valence-electron chi connectivity index (χ3n) is 12.9. The first kappa shape index (κ1) is 42.3. The molecular weight excluding hydrogens is 867 g/mol. The highest BCUT2D eigenvalue weighted by molar-refractivity contribution is 6.12. The van der Waals surface area contributed by atoms with Crippen LogP contribution in [0.25, 0.3) is 118 Å². The van der Waals surface area contributed by atoms with Crippen molar-refractivity contribution in [1.29, 1.82) is 10.5 Å². The van der Waals surface area contributed by atoms with Crippen molar-refractivity contribution in [3.8, 4) is 108 Å². The maximum absolute atomic E-state index is 10.3. The summed E-state index contributed by atoms with van der Waals surface area (Å²) in [5.74, 6) is 1.15. The summed E-state index contributed by atoms with van der Waals surface area (Å²) in [5, 5.41) is 22.6. The minimum Gasteiger partial charge on any atom is -0.309 e. The molecule has 7 heteroatoms. The van der Waals surface area contributed by atoms with E-state index in [1.54, 1.807) is 0 Å². The normalized spacial score (nSPS) is 11.1. The van der Waals surface area contributed by atoms with Crippen LogP contribution >= 0.6 is 0 Å². The fraction of sp³-hybridized carbons (Fsp3) is 0. The largest absolute Gasteiger partial charge is 0.309 e. The van der Waals surface area contributed by atoms with E-state index in [9.17, 15) is 10.5 Å². The Balaban J connectivity index is 1.19. The van der Waals surface area contributed by atoms with Crippen LogP contribution in [0.4, 0.5) is 0 Å². The summed E-state index contributed by atoms with van der Waals surface area (Å²) in [6.45, 7) is 0. The summed E-state index contributed by atoms with van der Waals surface area (Å²) in [7, 11) is 0. The molecule has 0 aliphatic rings. The third kappa shape index (κ3) is 7.96. The summed E-state index contributed by atoms with van der Waals surface area (Å²) >= 11 is 0. The highest BCUT2D eigenvalue weighted by atomic mass is 15.0. The van der Waals surface area contributed by atoms with Crippen LogP contribution in [0.5, 0.6) is 0 Å². The number of hydrogen-bond donors (Lipinski definition) is 0. The molecule has 0 aliphatic heterocycles. The van der Waals surface area contributed by atoms with Crippen molar-refractivity contribution < 1.29 is 0 Å². The predicted octanol–water partition coefficient (Wildman–Crippen LogP) is 15.4. The van der Waals surface area contributed by atoms with Crippen molar-refractivity contribution in [2.24, 2.45) is 0 Å². The molecule has 0 bridgehead atoms. The fourth-order valence-corrected chi connectivity index (χ4v) is 9.50. The van der Waals surface area contributed by atoms with Crippen molar-refractivity contribution in [1.82, 2.24) is 24.5 Å². The van der Waals surface area contributed by atoms with E-state index in [1.807, 2.05) is 140 Å². The van der Waals surface area contributed by atoms with Gasteiger partial charge in [-0.15, -0.1) is 0 Å². The summed E-state index contributed by atoms with van der Waals surface area (Å²) in [4.78, 5) is 21.2. The van der Waals surface area contributed by atoms with Gasteiger partial charge in [0.2, 0.25) is 0 Å². The molecule has 0 radical (unpaired) electrons. The van der Waals surface area contributed by atoms with E-state index in [2.05, 4.69) is 114 Å². The molecule has 9 aromatic carbocycles. The Kier molecular flexibility index (Phi) is 10.8. The SMILES string of the molecule is N#Cc1ccccc1-c1ccc2c3ccc(-c4ccccc4C#N)cc3n(-c3ccc(-c4nc(-c5ccccc5)cc(-c5ccccc5)n4)cc3-c3cc(-c4ccccc4)nc(-c4ccccc4)n3)c2c1. The summed E-state index contributed by atoms with van der Waals surface area (Å²) < 4.78 is 2.30. The molecular formula is C64H39N7. The molecule has 0 unspecified atom stereocenters. The lowest BCUT2D eigenvalue weighted by Crippen LogP contribution is -2.02. The van der Waals surface area contributed by atoms with Gasteiger partial charge in [0, 0.05) is 44.2 Å².